The third kappa shape index (κ3) is 3.23. The van der Waals surface area contributed by atoms with Crippen LogP contribution >= 0.6 is 27.5 Å². The van der Waals surface area contributed by atoms with Crippen LogP contribution in [0, 0.1) is 0 Å². The first kappa shape index (κ1) is 14.7. The minimum absolute atomic E-state index is 0.302. The summed E-state index contributed by atoms with van der Waals surface area (Å²) in [5.41, 5.74) is 7.01. The van der Waals surface area contributed by atoms with Gasteiger partial charge in [-0.3, -0.25) is 4.79 Å². The van der Waals surface area contributed by atoms with Gasteiger partial charge in [0.15, 0.2) is 0 Å². The molecule has 6 heteroatoms. The van der Waals surface area contributed by atoms with Gasteiger partial charge in [-0.05, 0) is 36.4 Å². The molecule has 2 aromatic carbocycles. The molecular formula is C14H12BrClN2O2. The molecule has 0 aliphatic carbocycles. The number of anilines is 2. The summed E-state index contributed by atoms with van der Waals surface area (Å²) < 4.78 is 6.03. The molecule has 4 nitrogen and oxygen atoms in total. The summed E-state index contributed by atoms with van der Waals surface area (Å²) in [6.07, 6.45) is 0. The molecule has 0 unspecified atom stereocenters. The number of methoxy groups -OCH3 is 1. The van der Waals surface area contributed by atoms with Crippen LogP contribution in [0.3, 0.4) is 0 Å². The number of nitrogens with one attached hydrogen (secondary N) is 1. The fourth-order valence-corrected chi connectivity index (χ4v) is 2.32. The van der Waals surface area contributed by atoms with Crippen molar-refractivity contribution >= 4 is 44.8 Å². The molecule has 0 atom stereocenters. The Kier molecular flexibility index (Phi) is 4.52. The summed E-state index contributed by atoms with van der Waals surface area (Å²) in [5.74, 6) is 0.236. The molecule has 0 radical (unpaired) electrons. The van der Waals surface area contributed by atoms with Gasteiger partial charge < -0.3 is 15.8 Å². The molecule has 0 saturated heterocycles. The average Bonchev–Trinajstić information content (AvgIpc) is 2.38. The summed E-state index contributed by atoms with van der Waals surface area (Å²) in [6, 6.07) is 10.1. The third-order valence-electron chi connectivity index (χ3n) is 2.65. The maximum atomic E-state index is 12.2. The first-order valence-corrected chi connectivity index (χ1v) is 6.88. The molecule has 0 aliphatic rings. The zero-order chi connectivity index (χ0) is 14.7. The Hall–Kier alpha value is -1.72. The highest BCUT2D eigenvalue weighted by molar-refractivity contribution is 9.10. The second-order valence-corrected chi connectivity index (χ2v) is 5.36. The van der Waals surface area contributed by atoms with Crippen molar-refractivity contribution in [2.45, 2.75) is 0 Å². The number of carbonyl (C=O) groups excluding carboxylic acids is 1. The van der Waals surface area contributed by atoms with Crippen molar-refractivity contribution < 1.29 is 9.53 Å². The lowest BCUT2D eigenvalue weighted by atomic mass is 10.2. The molecule has 0 saturated carbocycles. The van der Waals surface area contributed by atoms with Gasteiger partial charge in [-0.15, -0.1) is 0 Å². The van der Waals surface area contributed by atoms with Crippen LogP contribution in [0.4, 0.5) is 11.4 Å². The number of benzene rings is 2. The van der Waals surface area contributed by atoms with E-state index in [9.17, 15) is 4.79 Å². The number of nitrogens with two attached hydrogens (primary N) is 1. The average molecular weight is 356 g/mol. The van der Waals surface area contributed by atoms with E-state index < -0.39 is 0 Å². The minimum atomic E-state index is -0.327. The zero-order valence-electron chi connectivity index (χ0n) is 10.6. The van der Waals surface area contributed by atoms with Crippen LogP contribution in [0.2, 0.25) is 5.02 Å². The standard InChI is InChI=1S/C14H12BrClN2O2/c1-20-13-5-2-8(15)6-12(13)18-14(19)10-4-3-9(17)7-11(10)16/h2-7H,17H2,1H3,(H,18,19). The van der Waals surface area contributed by atoms with Crippen LogP contribution in [0.1, 0.15) is 10.4 Å². The fourth-order valence-electron chi connectivity index (χ4n) is 1.68. The van der Waals surface area contributed by atoms with E-state index >= 15 is 0 Å². The number of amides is 1. The van der Waals surface area contributed by atoms with E-state index in [1.165, 1.54) is 13.2 Å². The lowest BCUT2D eigenvalue weighted by Gasteiger charge is -2.11. The van der Waals surface area contributed by atoms with Crippen LogP contribution in [0.25, 0.3) is 0 Å². The van der Waals surface area contributed by atoms with Crippen molar-refractivity contribution in [2.75, 3.05) is 18.2 Å². The van der Waals surface area contributed by atoms with E-state index in [0.29, 0.717) is 27.7 Å². The topological polar surface area (TPSA) is 64.3 Å². The van der Waals surface area contributed by atoms with E-state index in [2.05, 4.69) is 21.2 Å². The predicted octanol–water partition coefficient (Wildman–Crippen LogP) is 3.95. The quantitative estimate of drug-likeness (QED) is 0.820. The van der Waals surface area contributed by atoms with Gasteiger partial charge in [0.2, 0.25) is 0 Å². The number of nitrogen functional groups attached to an aromatic ring is 1. The van der Waals surface area contributed by atoms with Gasteiger partial charge in [-0.25, -0.2) is 0 Å². The first-order valence-electron chi connectivity index (χ1n) is 5.71. The largest absolute Gasteiger partial charge is 0.495 e. The van der Waals surface area contributed by atoms with E-state index in [0.717, 1.165) is 4.47 Å². The Morgan fingerprint density at radius 2 is 2.05 bits per heavy atom. The maximum absolute atomic E-state index is 12.2. The molecule has 3 N–H and O–H groups in total. The molecule has 0 heterocycles. The van der Waals surface area contributed by atoms with Crippen LogP contribution in [-0.2, 0) is 0 Å². The molecule has 0 spiro atoms. The Bertz CT molecular complexity index is 662. The molecule has 104 valence electrons. The molecule has 20 heavy (non-hydrogen) atoms. The highest BCUT2D eigenvalue weighted by Gasteiger charge is 2.13. The normalized spacial score (nSPS) is 10.2. The third-order valence-corrected chi connectivity index (χ3v) is 3.45. The molecule has 0 aliphatic heterocycles. The van der Waals surface area contributed by atoms with Gasteiger partial charge >= 0.3 is 0 Å². The SMILES string of the molecule is COc1ccc(Br)cc1NC(=O)c1ccc(N)cc1Cl. The van der Waals surface area contributed by atoms with Crippen molar-refractivity contribution in [3.05, 3.63) is 51.5 Å². The molecular weight excluding hydrogens is 344 g/mol. The number of hydrogen-bond acceptors (Lipinski definition) is 3. The zero-order valence-corrected chi connectivity index (χ0v) is 13.0. The number of rotatable bonds is 3. The Morgan fingerprint density at radius 3 is 2.70 bits per heavy atom. The Balaban J connectivity index is 2.30. The van der Waals surface area contributed by atoms with E-state index in [-0.39, 0.29) is 5.91 Å². The Labute approximate surface area is 130 Å². The number of ether oxygens (including phenoxy) is 1. The van der Waals surface area contributed by atoms with Gasteiger partial charge in [0.05, 0.1) is 23.4 Å². The molecule has 2 rings (SSSR count). The molecule has 0 bridgehead atoms. The summed E-state index contributed by atoms with van der Waals surface area (Å²) in [4.78, 5) is 12.2. The van der Waals surface area contributed by atoms with Crippen molar-refractivity contribution in [1.82, 2.24) is 0 Å². The van der Waals surface area contributed by atoms with Crippen molar-refractivity contribution in [2.24, 2.45) is 0 Å². The lowest BCUT2D eigenvalue weighted by molar-refractivity contribution is 0.102. The molecule has 0 fully saturated rings. The summed E-state index contributed by atoms with van der Waals surface area (Å²) in [5, 5.41) is 3.06. The second kappa shape index (κ2) is 6.15. The maximum Gasteiger partial charge on any atom is 0.257 e. The molecule has 2 aromatic rings. The van der Waals surface area contributed by atoms with Crippen LogP contribution in [0.15, 0.2) is 40.9 Å². The number of carbonyl (C=O) groups is 1. The van der Waals surface area contributed by atoms with Crippen LogP contribution in [0.5, 0.6) is 5.75 Å². The number of halogens is 2. The van der Waals surface area contributed by atoms with Crippen LogP contribution < -0.4 is 15.8 Å². The minimum Gasteiger partial charge on any atom is -0.495 e. The fraction of sp³-hybridized carbons (Fsp3) is 0.0714. The second-order valence-electron chi connectivity index (χ2n) is 4.04. The monoisotopic (exact) mass is 354 g/mol. The highest BCUT2D eigenvalue weighted by Crippen LogP contribution is 2.29. The van der Waals surface area contributed by atoms with Crippen molar-refractivity contribution in [1.29, 1.82) is 0 Å². The summed E-state index contributed by atoms with van der Waals surface area (Å²) in [7, 11) is 1.54. The van der Waals surface area contributed by atoms with Crippen LogP contribution in [-0.4, -0.2) is 13.0 Å². The summed E-state index contributed by atoms with van der Waals surface area (Å²) >= 11 is 9.36. The van der Waals surface area contributed by atoms with Crippen molar-refractivity contribution in [3.8, 4) is 5.75 Å². The smallest absolute Gasteiger partial charge is 0.257 e. The summed E-state index contributed by atoms with van der Waals surface area (Å²) in [6.45, 7) is 0. The lowest BCUT2D eigenvalue weighted by Crippen LogP contribution is -2.13. The van der Waals surface area contributed by atoms with Gasteiger partial charge in [-0.1, -0.05) is 27.5 Å². The van der Waals surface area contributed by atoms with Gasteiger partial charge in [-0.2, -0.15) is 0 Å². The number of hydrogen-bond donors (Lipinski definition) is 2. The molecule has 0 aromatic heterocycles. The predicted molar refractivity (Wildman–Crippen MR) is 84.5 cm³/mol. The first-order chi connectivity index (χ1) is 9.51. The van der Waals surface area contributed by atoms with Crippen molar-refractivity contribution in [3.63, 3.8) is 0 Å². The van der Waals surface area contributed by atoms with E-state index in [1.54, 1.807) is 24.3 Å². The van der Waals surface area contributed by atoms with Gasteiger partial charge in [0.1, 0.15) is 5.75 Å². The van der Waals surface area contributed by atoms with Gasteiger partial charge in [0, 0.05) is 10.2 Å². The van der Waals surface area contributed by atoms with E-state index in [4.69, 9.17) is 22.1 Å². The highest BCUT2D eigenvalue weighted by atomic mass is 79.9. The van der Waals surface area contributed by atoms with Gasteiger partial charge in [0.25, 0.3) is 5.91 Å². The molecule has 1 amide bonds. The van der Waals surface area contributed by atoms with E-state index in [1.807, 2.05) is 6.07 Å². The Morgan fingerprint density at radius 1 is 1.30 bits per heavy atom.